The number of rotatable bonds is 2. The second kappa shape index (κ2) is 15.0. The van der Waals surface area contributed by atoms with Crippen molar-refractivity contribution in [1.82, 2.24) is 25.4 Å². The molecule has 2 N–H and O–H groups in total. The summed E-state index contributed by atoms with van der Waals surface area (Å²) < 4.78 is 0. The van der Waals surface area contributed by atoms with E-state index >= 15 is 0 Å². The number of pyridine rings is 1. The molecular formula is C19H33Cl2MnN5. The van der Waals surface area contributed by atoms with Crippen molar-refractivity contribution in [3.05, 3.63) is 30.1 Å². The third-order valence-electron chi connectivity index (χ3n) is 5.37. The average Bonchev–Trinajstić information content (AvgIpc) is 2.69. The first kappa shape index (κ1) is 25.1. The van der Waals surface area contributed by atoms with Gasteiger partial charge in [-0.3, -0.25) is 4.98 Å². The molecule has 0 aliphatic carbocycles. The predicted molar refractivity (Wildman–Crippen MR) is 105 cm³/mol. The molecule has 2 aliphatic rings. The van der Waals surface area contributed by atoms with Crippen LogP contribution in [0.25, 0.3) is 0 Å². The van der Waals surface area contributed by atoms with Crippen LogP contribution in [0, 0.1) is 0 Å². The molecule has 0 aromatic carbocycles. The molecule has 8 heteroatoms. The van der Waals surface area contributed by atoms with E-state index in [9.17, 15) is 0 Å². The van der Waals surface area contributed by atoms with Gasteiger partial charge in [0.05, 0.1) is 0 Å². The van der Waals surface area contributed by atoms with Gasteiger partial charge in [0.15, 0.2) is 0 Å². The van der Waals surface area contributed by atoms with Crippen molar-refractivity contribution in [2.24, 2.45) is 0 Å². The Morgan fingerprint density at radius 3 is 2.33 bits per heavy atom. The Hall–Kier alpha value is 0.0895. The van der Waals surface area contributed by atoms with Crippen LogP contribution in [-0.2, 0) is 21.5 Å². The van der Waals surface area contributed by atoms with Crippen LogP contribution in [0.5, 0.6) is 0 Å². The second-order valence-corrected chi connectivity index (χ2v) is 7.29. The van der Waals surface area contributed by atoms with E-state index in [1.807, 2.05) is 12.3 Å². The number of nitrogens with zero attached hydrogens (tertiary/aromatic N) is 3. The van der Waals surface area contributed by atoms with E-state index in [1.54, 1.807) is 0 Å². The quantitative estimate of drug-likeness (QED) is 0.539. The predicted octanol–water partition coefficient (Wildman–Crippen LogP) is -1.34. The molecule has 0 saturated carbocycles. The fourth-order valence-corrected chi connectivity index (χ4v) is 3.71. The molecule has 3 rings (SSSR count). The number of fused-ring (bicyclic) bond motifs is 3. The summed E-state index contributed by atoms with van der Waals surface area (Å²) in [6, 6.07) is 7.39. The SMILES string of the molecule is CC1CCN2CCNC(Cc3ccccn3)CCN(CCN1)CC2.[Cl-].[Cl][Mn+]. The molecular weight excluding hydrogens is 424 g/mol. The van der Waals surface area contributed by atoms with Gasteiger partial charge in [-0.1, -0.05) is 6.07 Å². The fourth-order valence-electron chi connectivity index (χ4n) is 3.71. The Labute approximate surface area is 183 Å². The molecule has 2 fully saturated rings. The third-order valence-corrected chi connectivity index (χ3v) is 5.37. The molecule has 4 atom stereocenters. The summed E-state index contributed by atoms with van der Waals surface area (Å²) in [5, 5.41) is 7.47. The van der Waals surface area contributed by atoms with Crippen LogP contribution in [0.2, 0.25) is 0 Å². The number of aromatic nitrogens is 1. The molecule has 1 aromatic heterocycles. The Balaban J connectivity index is 0.00000118. The molecule has 4 unspecified atom stereocenters. The van der Waals surface area contributed by atoms with Crippen LogP contribution >= 0.6 is 10.1 Å². The molecule has 0 radical (unpaired) electrons. The minimum absolute atomic E-state index is 0. The fraction of sp³-hybridized carbons (Fsp3) is 0.737. The van der Waals surface area contributed by atoms with E-state index in [1.165, 1.54) is 44.7 Å². The Morgan fingerprint density at radius 1 is 1.00 bits per heavy atom. The molecule has 2 saturated heterocycles. The number of nitrogens with one attached hydrogen (secondary N) is 2. The van der Waals surface area contributed by atoms with Gasteiger partial charge in [-0.25, -0.2) is 0 Å². The van der Waals surface area contributed by atoms with Gasteiger partial charge in [0.1, 0.15) is 0 Å². The zero-order valence-electron chi connectivity index (χ0n) is 16.2. The number of hydrogen-bond acceptors (Lipinski definition) is 5. The van der Waals surface area contributed by atoms with Crippen molar-refractivity contribution in [1.29, 1.82) is 0 Å². The first-order chi connectivity index (χ1) is 12.8. The molecule has 5 nitrogen and oxygen atoms in total. The van der Waals surface area contributed by atoms with Gasteiger partial charge >= 0.3 is 25.2 Å². The Kier molecular flexibility index (Phi) is 14.0. The van der Waals surface area contributed by atoms with Crippen molar-refractivity contribution >= 4 is 10.1 Å². The van der Waals surface area contributed by atoms with Crippen LogP contribution < -0.4 is 23.0 Å². The summed E-state index contributed by atoms with van der Waals surface area (Å²) in [5.74, 6) is 0. The van der Waals surface area contributed by atoms with Gasteiger partial charge in [-0.05, 0) is 45.0 Å². The maximum absolute atomic E-state index is 4.51. The zero-order valence-corrected chi connectivity index (χ0v) is 18.9. The van der Waals surface area contributed by atoms with Crippen molar-refractivity contribution in [2.45, 2.75) is 38.3 Å². The van der Waals surface area contributed by atoms with Crippen molar-refractivity contribution in [3.8, 4) is 0 Å². The summed E-state index contributed by atoms with van der Waals surface area (Å²) in [7, 11) is 4.45. The van der Waals surface area contributed by atoms with Crippen molar-refractivity contribution < 1.29 is 27.5 Å². The van der Waals surface area contributed by atoms with Crippen LogP contribution in [0.4, 0.5) is 0 Å². The monoisotopic (exact) mass is 456 g/mol. The molecule has 27 heavy (non-hydrogen) atoms. The molecule has 1 aromatic rings. The zero-order chi connectivity index (χ0) is 18.6. The molecule has 0 spiro atoms. The van der Waals surface area contributed by atoms with Crippen molar-refractivity contribution in [3.63, 3.8) is 0 Å². The molecule has 155 valence electrons. The van der Waals surface area contributed by atoms with E-state index in [2.05, 4.69) is 69.7 Å². The Morgan fingerprint density at radius 2 is 1.67 bits per heavy atom. The number of halogens is 2. The normalized spacial score (nSPS) is 29.6. The van der Waals surface area contributed by atoms with Gasteiger partial charge in [0.2, 0.25) is 0 Å². The van der Waals surface area contributed by atoms with Crippen LogP contribution in [0.3, 0.4) is 0 Å². The van der Waals surface area contributed by atoms with E-state index in [-0.39, 0.29) is 12.4 Å². The van der Waals surface area contributed by atoms with Crippen LogP contribution in [0.15, 0.2) is 24.4 Å². The maximum atomic E-state index is 4.51. The van der Waals surface area contributed by atoms with Gasteiger partial charge in [-0.15, -0.1) is 0 Å². The molecule has 2 aliphatic heterocycles. The second-order valence-electron chi connectivity index (χ2n) is 7.29. The first-order valence-electron chi connectivity index (χ1n) is 9.75. The molecule has 3 heterocycles. The van der Waals surface area contributed by atoms with Crippen LogP contribution in [-0.4, -0.2) is 79.2 Å². The topological polar surface area (TPSA) is 43.4 Å². The van der Waals surface area contributed by atoms with E-state index in [0.717, 1.165) is 32.6 Å². The summed E-state index contributed by atoms with van der Waals surface area (Å²) in [6.07, 6.45) is 5.38. The number of hydrogen-bond donors (Lipinski definition) is 2. The molecule has 2 bridgehead atoms. The van der Waals surface area contributed by atoms with E-state index in [4.69, 9.17) is 0 Å². The van der Waals surface area contributed by atoms with E-state index in [0.29, 0.717) is 12.1 Å². The Bertz CT molecular complexity index is 482. The van der Waals surface area contributed by atoms with Gasteiger partial charge in [0, 0.05) is 69.7 Å². The minimum atomic E-state index is 0. The van der Waals surface area contributed by atoms with E-state index < -0.39 is 0 Å². The summed E-state index contributed by atoms with van der Waals surface area (Å²) >= 11 is 2.41. The van der Waals surface area contributed by atoms with Gasteiger partial charge < -0.3 is 32.8 Å². The summed E-state index contributed by atoms with van der Waals surface area (Å²) in [5.41, 5.74) is 1.20. The summed E-state index contributed by atoms with van der Waals surface area (Å²) in [4.78, 5) is 9.78. The van der Waals surface area contributed by atoms with Crippen molar-refractivity contribution in [2.75, 3.05) is 52.4 Å². The third kappa shape index (κ3) is 9.91. The van der Waals surface area contributed by atoms with Gasteiger partial charge in [0.25, 0.3) is 0 Å². The summed E-state index contributed by atoms with van der Waals surface area (Å²) in [6.45, 7) is 11.6. The average molecular weight is 457 g/mol. The first-order valence-corrected chi connectivity index (χ1v) is 11.4. The van der Waals surface area contributed by atoms with Gasteiger partial charge in [-0.2, -0.15) is 0 Å². The molecule has 0 amide bonds. The van der Waals surface area contributed by atoms with Crippen LogP contribution in [0.1, 0.15) is 25.5 Å². The standard InChI is InChI=1S/C19H33N5.2ClH.Mn/c1-17-5-10-23-13-9-22-19(16-18-4-2-3-7-21-18)6-11-24(15-14-23)12-8-20-17;;;/h2-4,7,17,19-20,22H,5-6,8-16H2,1H3;2*1H;/q;;;+2/p-2.